The Morgan fingerprint density at radius 1 is 1.29 bits per heavy atom. The first kappa shape index (κ1) is 13.8. The summed E-state index contributed by atoms with van der Waals surface area (Å²) in [7, 11) is 0. The Labute approximate surface area is 127 Å². The van der Waals surface area contributed by atoms with Crippen LogP contribution < -0.4 is 16.0 Å². The van der Waals surface area contributed by atoms with Gasteiger partial charge in [0.2, 0.25) is 0 Å². The van der Waals surface area contributed by atoms with Crippen molar-refractivity contribution >= 4 is 33.9 Å². The highest BCUT2D eigenvalue weighted by Gasteiger charge is 2.13. The number of nitrogens with two attached hydrogens (primary N) is 1. The molecule has 3 N–H and O–H groups in total. The van der Waals surface area contributed by atoms with E-state index in [1.807, 2.05) is 12.1 Å². The zero-order chi connectivity index (χ0) is 14.7. The van der Waals surface area contributed by atoms with Crippen LogP contribution in [0.1, 0.15) is 29.8 Å². The van der Waals surface area contributed by atoms with E-state index in [0.29, 0.717) is 16.5 Å². The van der Waals surface area contributed by atoms with E-state index in [1.165, 1.54) is 30.6 Å². The van der Waals surface area contributed by atoms with E-state index in [1.54, 1.807) is 11.6 Å². The van der Waals surface area contributed by atoms with Crippen molar-refractivity contribution in [1.82, 2.24) is 9.97 Å². The molecule has 0 atom stereocenters. The second-order valence-electron chi connectivity index (χ2n) is 4.98. The fraction of sp³-hybridized carbons (Fsp3) is 0.357. The number of carbonyl (C=O) groups is 1. The lowest BCUT2D eigenvalue weighted by Crippen LogP contribution is -2.30. The molecular formula is C14H17N5OS. The molecule has 0 spiro atoms. The number of aromatic nitrogens is 2. The van der Waals surface area contributed by atoms with Crippen molar-refractivity contribution in [3.05, 3.63) is 29.4 Å². The van der Waals surface area contributed by atoms with Crippen LogP contribution in [0.25, 0.3) is 0 Å². The number of amides is 1. The normalized spacial score (nSPS) is 15.0. The predicted molar refractivity (Wildman–Crippen MR) is 84.8 cm³/mol. The summed E-state index contributed by atoms with van der Waals surface area (Å²) in [5.74, 6) is 0.695. The molecule has 2 aromatic rings. The van der Waals surface area contributed by atoms with Crippen LogP contribution in [0.2, 0.25) is 0 Å². The minimum atomic E-state index is -0.268. The number of anilines is 3. The summed E-state index contributed by atoms with van der Waals surface area (Å²) in [6.45, 7) is 2.10. The number of rotatable bonds is 3. The van der Waals surface area contributed by atoms with Gasteiger partial charge in [-0.15, -0.1) is 11.3 Å². The van der Waals surface area contributed by atoms with Crippen LogP contribution >= 0.6 is 11.3 Å². The molecule has 6 nitrogen and oxygen atoms in total. The third-order valence-electron chi connectivity index (χ3n) is 3.44. The standard InChI is InChI=1S/C14H17N5OS/c15-14-18-11(9-21-14)13(20)17-10-4-5-12(16-8-10)19-6-2-1-3-7-19/h4-5,8-9H,1-3,6-7H2,(H2,15,18)(H,17,20). The van der Waals surface area contributed by atoms with Gasteiger partial charge in [-0.2, -0.15) is 0 Å². The maximum atomic E-state index is 12.0. The monoisotopic (exact) mass is 303 g/mol. The number of nitrogens with one attached hydrogen (secondary N) is 1. The number of hydrogen-bond acceptors (Lipinski definition) is 6. The Kier molecular flexibility index (Phi) is 4.01. The molecule has 0 aromatic carbocycles. The fourth-order valence-corrected chi connectivity index (χ4v) is 2.90. The van der Waals surface area contributed by atoms with E-state index in [4.69, 9.17) is 5.73 Å². The van der Waals surface area contributed by atoms with Gasteiger partial charge in [-0.25, -0.2) is 9.97 Å². The Balaban J connectivity index is 1.65. The molecule has 3 heterocycles. The van der Waals surface area contributed by atoms with Crippen molar-refractivity contribution in [2.75, 3.05) is 29.0 Å². The first-order chi connectivity index (χ1) is 10.2. The molecule has 0 saturated carbocycles. The molecule has 1 aliphatic rings. The maximum Gasteiger partial charge on any atom is 0.275 e. The number of piperidine rings is 1. The average molecular weight is 303 g/mol. The summed E-state index contributed by atoms with van der Waals surface area (Å²) < 4.78 is 0. The maximum absolute atomic E-state index is 12.0. The molecule has 2 aromatic heterocycles. The Bertz CT molecular complexity index is 619. The minimum Gasteiger partial charge on any atom is -0.375 e. The summed E-state index contributed by atoms with van der Waals surface area (Å²) in [6.07, 6.45) is 5.40. The average Bonchev–Trinajstić information content (AvgIpc) is 2.96. The molecular weight excluding hydrogens is 286 g/mol. The van der Waals surface area contributed by atoms with Crippen LogP contribution in [0.4, 0.5) is 16.6 Å². The fourth-order valence-electron chi connectivity index (χ4n) is 2.36. The van der Waals surface area contributed by atoms with Gasteiger partial charge >= 0.3 is 0 Å². The smallest absolute Gasteiger partial charge is 0.275 e. The number of nitrogen functional groups attached to an aromatic ring is 1. The number of nitrogens with zero attached hydrogens (tertiary/aromatic N) is 3. The molecule has 0 bridgehead atoms. The molecule has 0 radical (unpaired) electrons. The van der Waals surface area contributed by atoms with Crippen LogP contribution in [-0.4, -0.2) is 29.0 Å². The van der Waals surface area contributed by atoms with Crippen LogP contribution in [0.15, 0.2) is 23.7 Å². The first-order valence-corrected chi connectivity index (χ1v) is 7.84. The summed E-state index contributed by atoms with van der Waals surface area (Å²) in [6, 6.07) is 3.81. The number of thiazole rings is 1. The summed E-state index contributed by atoms with van der Waals surface area (Å²) in [5.41, 5.74) is 6.51. The van der Waals surface area contributed by atoms with Gasteiger partial charge in [0.05, 0.1) is 11.9 Å². The van der Waals surface area contributed by atoms with E-state index in [9.17, 15) is 4.79 Å². The van der Waals surface area contributed by atoms with Gasteiger partial charge in [0, 0.05) is 18.5 Å². The Morgan fingerprint density at radius 3 is 2.71 bits per heavy atom. The first-order valence-electron chi connectivity index (χ1n) is 6.96. The lowest BCUT2D eigenvalue weighted by atomic mass is 10.1. The third kappa shape index (κ3) is 3.30. The van der Waals surface area contributed by atoms with Crippen LogP contribution in [0, 0.1) is 0 Å². The van der Waals surface area contributed by atoms with Crippen LogP contribution in [-0.2, 0) is 0 Å². The zero-order valence-corrected chi connectivity index (χ0v) is 12.4. The van der Waals surface area contributed by atoms with Gasteiger partial charge < -0.3 is 16.0 Å². The molecule has 1 fully saturated rings. The second kappa shape index (κ2) is 6.09. The largest absolute Gasteiger partial charge is 0.375 e. The van der Waals surface area contributed by atoms with Crippen molar-refractivity contribution in [1.29, 1.82) is 0 Å². The molecule has 110 valence electrons. The van der Waals surface area contributed by atoms with E-state index < -0.39 is 0 Å². The second-order valence-corrected chi connectivity index (χ2v) is 5.87. The van der Waals surface area contributed by atoms with E-state index >= 15 is 0 Å². The predicted octanol–water partition coefficient (Wildman–Crippen LogP) is 2.36. The molecule has 21 heavy (non-hydrogen) atoms. The van der Waals surface area contributed by atoms with E-state index in [0.717, 1.165) is 18.9 Å². The van der Waals surface area contributed by atoms with Crippen LogP contribution in [0.5, 0.6) is 0 Å². The van der Waals surface area contributed by atoms with Gasteiger partial charge in [-0.3, -0.25) is 4.79 Å². The highest BCUT2D eigenvalue weighted by molar-refractivity contribution is 7.13. The van der Waals surface area contributed by atoms with Gasteiger partial charge in [-0.1, -0.05) is 0 Å². The molecule has 1 amide bonds. The lowest BCUT2D eigenvalue weighted by molar-refractivity contribution is 0.102. The van der Waals surface area contributed by atoms with Gasteiger partial charge in [0.25, 0.3) is 5.91 Å². The third-order valence-corrected chi connectivity index (χ3v) is 4.11. The highest BCUT2D eigenvalue weighted by Crippen LogP contribution is 2.19. The molecule has 0 unspecified atom stereocenters. The summed E-state index contributed by atoms with van der Waals surface area (Å²) in [4.78, 5) is 22.6. The van der Waals surface area contributed by atoms with Crippen molar-refractivity contribution < 1.29 is 4.79 Å². The summed E-state index contributed by atoms with van der Waals surface area (Å²) >= 11 is 1.25. The van der Waals surface area contributed by atoms with Crippen LogP contribution in [0.3, 0.4) is 0 Å². The van der Waals surface area contributed by atoms with Crippen molar-refractivity contribution in [2.45, 2.75) is 19.3 Å². The quantitative estimate of drug-likeness (QED) is 0.909. The van der Waals surface area contributed by atoms with E-state index in [2.05, 4.69) is 20.2 Å². The van der Waals surface area contributed by atoms with Crippen molar-refractivity contribution in [2.24, 2.45) is 0 Å². The number of carbonyl (C=O) groups excluding carboxylic acids is 1. The number of hydrogen-bond donors (Lipinski definition) is 2. The van der Waals surface area contributed by atoms with Gasteiger partial charge in [-0.05, 0) is 31.4 Å². The molecule has 1 aliphatic heterocycles. The molecule has 0 aliphatic carbocycles. The molecule has 7 heteroatoms. The highest BCUT2D eigenvalue weighted by atomic mass is 32.1. The minimum absolute atomic E-state index is 0.268. The van der Waals surface area contributed by atoms with Crippen molar-refractivity contribution in [3.8, 4) is 0 Å². The molecule has 1 saturated heterocycles. The zero-order valence-electron chi connectivity index (χ0n) is 11.6. The lowest BCUT2D eigenvalue weighted by Gasteiger charge is -2.27. The van der Waals surface area contributed by atoms with E-state index in [-0.39, 0.29) is 5.91 Å². The van der Waals surface area contributed by atoms with Crippen molar-refractivity contribution in [3.63, 3.8) is 0 Å². The topological polar surface area (TPSA) is 84.1 Å². The Hall–Kier alpha value is -2.15. The van der Waals surface area contributed by atoms with Gasteiger partial charge in [0.1, 0.15) is 11.5 Å². The Morgan fingerprint density at radius 2 is 2.10 bits per heavy atom. The summed E-state index contributed by atoms with van der Waals surface area (Å²) in [5, 5.41) is 4.80. The molecule has 3 rings (SSSR count). The van der Waals surface area contributed by atoms with Gasteiger partial charge in [0.15, 0.2) is 5.13 Å². The number of pyridine rings is 1. The SMILES string of the molecule is Nc1nc(C(=O)Nc2ccc(N3CCCCC3)nc2)cs1.